The van der Waals surface area contributed by atoms with Crippen LogP contribution in [-0.2, 0) is 34.1 Å². The molecule has 0 unspecified atom stereocenters. The lowest BCUT2D eigenvalue weighted by atomic mass is 9.55. The molecule has 3 aliphatic rings. The molecule has 1 amide bonds. The van der Waals surface area contributed by atoms with Crippen molar-refractivity contribution in [3.05, 3.63) is 155 Å². The van der Waals surface area contributed by atoms with Crippen molar-refractivity contribution in [2.24, 2.45) is 22.9 Å². The minimum atomic E-state index is -1.54. The van der Waals surface area contributed by atoms with Gasteiger partial charge in [-0.3, -0.25) is 4.90 Å². The largest absolute Gasteiger partial charge is 0.489 e. The average molecular weight is 865 g/mol. The van der Waals surface area contributed by atoms with Crippen molar-refractivity contribution in [1.29, 1.82) is 0 Å². The smallest absolute Gasteiger partial charge is 0.410 e. The maximum atomic E-state index is 14.8. The van der Waals surface area contributed by atoms with Crippen molar-refractivity contribution < 1.29 is 47.6 Å². The standard InChI is InChI=1S/C51H58F2N2O8/c1-3-28-61-51-47(55(50(58)59-4-2)32-35-20-22-39(52)23-21-35)31-45(54-62-33-36-14-6-5-7-15-36)42-29-37(16-10-12-26-56)41(18-11-13-27-57)48(49(42)51)43-30-40(24-25-46(43)63-51)60-34-38-17-8-9-19-44(38)53/h3,5-9,14-15,17,19-25,29-30,37,41,47-49,56-57H,1,4,10-13,16,18,26-28,31-34H2,2H3/t37-,41+,47-,48+,49+,51+/m0/s1. The zero-order valence-electron chi connectivity index (χ0n) is 35.9. The fourth-order valence-corrected chi connectivity index (χ4v) is 9.57. The van der Waals surface area contributed by atoms with Gasteiger partial charge in [-0.25, -0.2) is 13.6 Å². The van der Waals surface area contributed by atoms with Crippen LogP contribution >= 0.6 is 0 Å². The van der Waals surface area contributed by atoms with Crippen LogP contribution in [0.2, 0.25) is 0 Å². The number of carbonyl (C=O) groups is 1. The van der Waals surface area contributed by atoms with Gasteiger partial charge in [0.15, 0.2) is 0 Å². The van der Waals surface area contributed by atoms with Gasteiger partial charge < -0.3 is 34.0 Å². The molecule has 0 radical (unpaired) electrons. The molecule has 10 nitrogen and oxygen atoms in total. The molecule has 1 heterocycles. The summed E-state index contributed by atoms with van der Waals surface area (Å²) in [5.74, 6) is -2.15. The van der Waals surface area contributed by atoms with Gasteiger partial charge >= 0.3 is 6.09 Å². The first-order valence-electron chi connectivity index (χ1n) is 22.1. The van der Waals surface area contributed by atoms with E-state index in [0.717, 1.165) is 42.4 Å². The number of nitrogens with zero attached hydrogens (tertiary/aromatic N) is 2. The Hall–Kier alpha value is -5.56. The molecule has 1 fully saturated rings. The number of carbonyl (C=O) groups excluding carboxylic acids is 1. The molecule has 334 valence electrons. The molecule has 2 aliphatic carbocycles. The topological polar surface area (TPSA) is 119 Å². The molecule has 2 N–H and O–H groups in total. The Morgan fingerprint density at radius 2 is 1.67 bits per heavy atom. The highest BCUT2D eigenvalue weighted by Crippen LogP contribution is 2.62. The molecule has 4 aromatic rings. The first-order valence-corrected chi connectivity index (χ1v) is 22.1. The van der Waals surface area contributed by atoms with Gasteiger partial charge in [0.25, 0.3) is 0 Å². The third-order valence-corrected chi connectivity index (χ3v) is 12.4. The fourth-order valence-electron chi connectivity index (χ4n) is 9.57. The molecule has 4 aromatic carbocycles. The summed E-state index contributed by atoms with van der Waals surface area (Å²) in [6.07, 6.45) is 7.76. The number of hydrogen-bond acceptors (Lipinski definition) is 9. The normalized spacial score (nSPS) is 22.8. The van der Waals surface area contributed by atoms with Crippen molar-refractivity contribution >= 4 is 11.8 Å². The summed E-state index contributed by atoms with van der Waals surface area (Å²) in [7, 11) is 0. The molecule has 6 atom stereocenters. The molecule has 7 rings (SSSR count). The lowest BCUT2D eigenvalue weighted by Crippen LogP contribution is -2.70. The van der Waals surface area contributed by atoms with Crippen LogP contribution in [0.3, 0.4) is 0 Å². The number of aliphatic hydroxyl groups excluding tert-OH is 2. The number of hydrogen-bond donors (Lipinski definition) is 2. The van der Waals surface area contributed by atoms with Gasteiger partial charge in [0.2, 0.25) is 5.79 Å². The van der Waals surface area contributed by atoms with Crippen LogP contribution in [0.4, 0.5) is 13.6 Å². The Labute approximate surface area is 368 Å². The van der Waals surface area contributed by atoms with Crippen LogP contribution in [0, 0.1) is 29.4 Å². The first kappa shape index (κ1) is 45.5. The van der Waals surface area contributed by atoms with E-state index in [1.165, 1.54) is 18.2 Å². The van der Waals surface area contributed by atoms with Gasteiger partial charge in [-0.2, -0.15) is 0 Å². The van der Waals surface area contributed by atoms with Crippen LogP contribution < -0.4 is 9.47 Å². The van der Waals surface area contributed by atoms with Crippen molar-refractivity contribution in [3.8, 4) is 11.5 Å². The van der Waals surface area contributed by atoms with Crippen LogP contribution in [0.1, 0.15) is 80.0 Å². The molecule has 0 aromatic heterocycles. The van der Waals surface area contributed by atoms with E-state index < -0.39 is 29.7 Å². The lowest BCUT2D eigenvalue weighted by molar-refractivity contribution is -0.256. The molecular weight excluding hydrogens is 807 g/mol. The molecular formula is C51H58F2N2O8. The Morgan fingerprint density at radius 3 is 2.40 bits per heavy atom. The number of unbranched alkanes of at least 4 members (excludes halogenated alkanes) is 2. The SMILES string of the molecule is C=CCO[C@@]12Oc3ccc(OCc4ccccc4F)cc3[C@H]3[C@H](CCCCO)[C@@H](CCCCO)C=C(C(=NOCc4ccccc4)C[C@@H]1N(Cc1ccc(F)cc1)C(=O)OCC)[C@H]32. The van der Waals surface area contributed by atoms with Crippen molar-refractivity contribution in [2.45, 2.75) is 89.4 Å². The second-order valence-electron chi connectivity index (χ2n) is 16.4. The van der Waals surface area contributed by atoms with Crippen molar-refractivity contribution in [2.75, 3.05) is 26.4 Å². The molecule has 1 saturated carbocycles. The monoisotopic (exact) mass is 864 g/mol. The predicted molar refractivity (Wildman–Crippen MR) is 236 cm³/mol. The highest BCUT2D eigenvalue weighted by atomic mass is 19.1. The van der Waals surface area contributed by atoms with E-state index in [1.54, 1.807) is 54.3 Å². The number of halogens is 2. The van der Waals surface area contributed by atoms with E-state index in [0.29, 0.717) is 41.2 Å². The van der Waals surface area contributed by atoms with Gasteiger partial charge in [0.05, 0.1) is 24.8 Å². The maximum absolute atomic E-state index is 14.8. The number of aliphatic hydroxyl groups is 2. The molecule has 63 heavy (non-hydrogen) atoms. The zero-order chi connectivity index (χ0) is 44.2. The second-order valence-corrected chi connectivity index (χ2v) is 16.4. The number of oxime groups is 1. The summed E-state index contributed by atoms with van der Waals surface area (Å²) >= 11 is 0. The number of rotatable bonds is 21. The second kappa shape index (κ2) is 21.7. The van der Waals surface area contributed by atoms with Crippen molar-refractivity contribution in [3.63, 3.8) is 0 Å². The fraction of sp³-hybridized carbons (Fsp3) is 0.412. The van der Waals surface area contributed by atoms with Crippen LogP contribution in [0.5, 0.6) is 11.5 Å². The number of amides is 1. The lowest BCUT2D eigenvalue weighted by Gasteiger charge is -2.59. The maximum Gasteiger partial charge on any atom is 0.410 e. The Bertz CT molecular complexity index is 2200. The van der Waals surface area contributed by atoms with E-state index in [2.05, 4.69) is 12.7 Å². The van der Waals surface area contributed by atoms with E-state index >= 15 is 0 Å². The van der Waals surface area contributed by atoms with E-state index in [4.69, 9.17) is 28.9 Å². The van der Waals surface area contributed by atoms with Crippen molar-refractivity contribution in [1.82, 2.24) is 4.90 Å². The molecule has 1 aliphatic heterocycles. The predicted octanol–water partition coefficient (Wildman–Crippen LogP) is 10.0. The quantitative estimate of drug-likeness (QED) is 0.0483. The Kier molecular flexibility index (Phi) is 15.6. The first-order chi connectivity index (χ1) is 30.8. The minimum absolute atomic E-state index is 0.00813. The van der Waals surface area contributed by atoms with Gasteiger partial charge in [0, 0.05) is 43.2 Å². The number of allylic oxidation sites excluding steroid dienone is 1. The highest BCUT2D eigenvalue weighted by Gasteiger charge is 2.65. The molecule has 12 heteroatoms. The summed E-state index contributed by atoms with van der Waals surface area (Å²) in [6.45, 7) is 6.31. The summed E-state index contributed by atoms with van der Waals surface area (Å²) in [4.78, 5) is 22.2. The number of ether oxygens (including phenoxy) is 4. The van der Waals surface area contributed by atoms with Gasteiger partial charge in [-0.15, -0.1) is 6.58 Å². The molecule has 0 bridgehead atoms. The highest BCUT2D eigenvalue weighted by molar-refractivity contribution is 6.03. The molecule has 0 spiro atoms. The number of fused-ring (bicyclic) bond motifs is 2. The Balaban J connectivity index is 1.43. The third-order valence-electron chi connectivity index (χ3n) is 12.4. The van der Waals surface area contributed by atoms with E-state index in [1.807, 2.05) is 42.5 Å². The summed E-state index contributed by atoms with van der Waals surface area (Å²) < 4.78 is 55.5. The summed E-state index contributed by atoms with van der Waals surface area (Å²) in [5.41, 5.74) is 4.38. The van der Waals surface area contributed by atoms with Gasteiger partial charge in [-0.1, -0.05) is 90.8 Å². The zero-order valence-corrected chi connectivity index (χ0v) is 35.9. The van der Waals surface area contributed by atoms with Crippen LogP contribution in [0.25, 0.3) is 0 Å². The van der Waals surface area contributed by atoms with E-state index in [9.17, 15) is 23.8 Å². The summed E-state index contributed by atoms with van der Waals surface area (Å²) in [5, 5.41) is 24.8. The minimum Gasteiger partial charge on any atom is -0.489 e. The third kappa shape index (κ3) is 10.5. The van der Waals surface area contributed by atoms with Gasteiger partial charge in [0.1, 0.15) is 42.4 Å². The van der Waals surface area contributed by atoms with Gasteiger partial charge in [-0.05, 0) is 97.5 Å². The Morgan fingerprint density at radius 1 is 0.921 bits per heavy atom. The molecule has 0 saturated heterocycles. The summed E-state index contributed by atoms with van der Waals surface area (Å²) in [6, 6.07) is 27.0. The number of benzene rings is 4. The average Bonchev–Trinajstić information content (AvgIpc) is 3.29. The van der Waals surface area contributed by atoms with Crippen LogP contribution in [-0.4, -0.2) is 65.2 Å². The van der Waals surface area contributed by atoms with E-state index in [-0.39, 0.29) is 76.2 Å². The van der Waals surface area contributed by atoms with Crippen LogP contribution in [0.15, 0.2) is 127 Å².